The van der Waals surface area contributed by atoms with Crippen molar-refractivity contribution in [2.75, 3.05) is 6.61 Å². The third-order valence-corrected chi connectivity index (χ3v) is 3.71. The van der Waals surface area contributed by atoms with Crippen LogP contribution in [0.5, 0.6) is 0 Å². The molecule has 0 fully saturated rings. The van der Waals surface area contributed by atoms with Crippen LogP contribution in [-0.4, -0.2) is 18.1 Å². The number of hydrogen-bond donors (Lipinski definition) is 0. The summed E-state index contributed by atoms with van der Waals surface area (Å²) in [7, 11) is 0. The number of rotatable bonds is 5. The zero-order chi connectivity index (χ0) is 16.1. The van der Waals surface area contributed by atoms with Crippen LogP contribution in [0.2, 0.25) is 0 Å². The average molecular weight is 316 g/mol. The Morgan fingerprint density at radius 3 is 2.38 bits per heavy atom. The van der Waals surface area contributed by atoms with E-state index in [9.17, 15) is 18.0 Å². The molecule has 114 valence electrons. The van der Waals surface area contributed by atoms with Crippen LogP contribution in [0.3, 0.4) is 0 Å². The molecule has 0 radical (unpaired) electrons. The van der Waals surface area contributed by atoms with Crippen molar-refractivity contribution >= 4 is 17.7 Å². The lowest BCUT2D eigenvalue weighted by Crippen LogP contribution is -2.35. The predicted molar refractivity (Wildman–Crippen MR) is 76.8 cm³/mol. The van der Waals surface area contributed by atoms with Crippen LogP contribution in [-0.2, 0) is 14.3 Å². The van der Waals surface area contributed by atoms with E-state index in [-0.39, 0.29) is 12.2 Å². The molecule has 0 aliphatic rings. The van der Waals surface area contributed by atoms with Crippen molar-refractivity contribution < 1.29 is 22.7 Å². The summed E-state index contributed by atoms with van der Waals surface area (Å²) in [5.41, 5.74) is -1.29. The molecule has 21 heavy (non-hydrogen) atoms. The van der Waals surface area contributed by atoms with Gasteiger partial charge in [0.25, 0.3) is 0 Å². The van der Waals surface area contributed by atoms with E-state index in [4.69, 9.17) is 4.74 Å². The summed E-state index contributed by atoms with van der Waals surface area (Å²) < 4.78 is 41.6. The van der Waals surface area contributed by atoms with E-state index in [1.54, 1.807) is 19.1 Å². The van der Waals surface area contributed by atoms with Crippen LogP contribution in [0, 0.1) is 6.92 Å². The average Bonchev–Trinajstić information content (AvgIpc) is 2.37. The monoisotopic (exact) mass is 316 g/mol. The number of ether oxygens (including phenoxy) is 1. The van der Waals surface area contributed by atoms with Gasteiger partial charge in [-0.25, -0.2) is 4.79 Å². The quantitative estimate of drug-likeness (QED) is 0.597. The molecule has 0 heterocycles. The molecule has 0 aliphatic carbocycles. The van der Waals surface area contributed by atoms with E-state index in [1.165, 1.54) is 19.1 Å². The van der Waals surface area contributed by atoms with E-state index in [1.807, 2.05) is 0 Å². The number of benzene rings is 1. The third-order valence-electron chi connectivity index (χ3n) is 2.64. The van der Waals surface area contributed by atoms with Gasteiger partial charge in [0.15, 0.2) is 4.75 Å². The summed E-state index contributed by atoms with van der Waals surface area (Å²) in [5.74, 6) is -0.993. The van der Waals surface area contributed by atoms with Crippen molar-refractivity contribution in [2.45, 2.75) is 24.1 Å². The zero-order valence-electron chi connectivity index (χ0n) is 11.7. The van der Waals surface area contributed by atoms with Gasteiger partial charge in [-0.05, 0) is 37.2 Å². The lowest BCUT2D eigenvalue weighted by atomic mass is 9.97. The number of hydrogen-bond acceptors (Lipinski definition) is 3. The van der Waals surface area contributed by atoms with E-state index < -0.39 is 28.0 Å². The maximum Gasteiger partial charge on any atom is 0.443 e. The largest absolute Gasteiger partial charge is 0.464 e. The second-order valence-electron chi connectivity index (χ2n) is 4.22. The van der Waals surface area contributed by atoms with Gasteiger partial charge in [0.1, 0.15) is 0 Å². The second-order valence-corrected chi connectivity index (χ2v) is 5.53. The molecule has 1 rings (SSSR count). The summed E-state index contributed by atoms with van der Waals surface area (Å²) in [6.07, 6.45) is 0.994. The normalized spacial score (nSPS) is 14.0. The van der Waals surface area contributed by atoms with Gasteiger partial charge in [-0.3, -0.25) is 0 Å². The van der Waals surface area contributed by atoms with Gasteiger partial charge < -0.3 is 4.74 Å². The Bertz CT molecular complexity index is 545. The summed E-state index contributed by atoms with van der Waals surface area (Å²) in [5, 5.41) is 0. The standard InChI is InChI=1S/C15H15F3O2S/c1-4-10-14(13(19)20-5-2,21-15(16,17)18)12-8-6-11(3)7-9-12/h6-10H,1,5H2,2-3H3. The highest BCUT2D eigenvalue weighted by molar-refractivity contribution is 8.01. The lowest BCUT2D eigenvalue weighted by molar-refractivity contribution is -0.145. The van der Waals surface area contributed by atoms with Crippen molar-refractivity contribution in [3.05, 3.63) is 53.8 Å². The van der Waals surface area contributed by atoms with Crippen LogP contribution < -0.4 is 0 Å². The van der Waals surface area contributed by atoms with Crippen LogP contribution in [0.25, 0.3) is 0 Å². The second kappa shape index (κ2) is 6.87. The molecule has 0 saturated heterocycles. The fraction of sp³-hybridized carbons (Fsp3) is 0.333. The van der Waals surface area contributed by atoms with Gasteiger partial charge in [-0.15, -0.1) is 5.73 Å². The molecule has 1 unspecified atom stereocenters. The highest BCUT2D eigenvalue weighted by atomic mass is 32.2. The Morgan fingerprint density at radius 2 is 1.95 bits per heavy atom. The Labute approximate surface area is 125 Å². The van der Waals surface area contributed by atoms with E-state index in [2.05, 4.69) is 12.3 Å². The van der Waals surface area contributed by atoms with Gasteiger partial charge in [-0.1, -0.05) is 36.4 Å². The summed E-state index contributed by atoms with van der Waals surface area (Å²) in [4.78, 5) is 12.2. The number of thioether (sulfide) groups is 1. The molecule has 2 nitrogen and oxygen atoms in total. The molecule has 1 aromatic rings. The van der Waals surface area contributed by atoms with Crippen molar-refractivity contribution in [3.63, 3.8) is 0 Å². The van der Waals surface area contributed by atoms with Crippen LogP contribution in [0.4, 0.5) is 13.2 Å². The van der Waals surface area contributed by atoms with E-state index in [0.717, 1.165) is 11.6 Å². The Balaban J connectivity index is 3.46. The first-order chi connectivity index (χ1) is 9.75. The molecule has 0 aliphatic heterocycles. The van der Waals surface area contributed by atoms with Crippen molar-refractivity contribution in [1.82, 2.24) is 0 Å². The minimum absolute atomic E-state index is 0.0180. The first-order valence-electron chi connectivity index (χ1n) is 6.13. The fourth-order valence-electron chi connectivity index (χ4n) is 1.76. The number of carbonyl (C=O) groups is 1. The maximum atomic E-state index is 12.9. The number of aryl methyl sites for hydroxylation is 1. The Kier molecular flexibility index (Phi) is 5.70. The molecule has 6 heteroatoms. The molecular formula is C15H15F3O2S. The molecule has 0 aromatic heterocycles. The highest BCUT2D eigenvalue weighted by Gasteiger charge is 2.49. The molecule has 0 N–H and O–H groups in total. The molecule has 0 bridgehead atoms. The van der Waals surface area contributed by atoms with E-state index >= 15 is 0 Å². The molecule has 0 amide bonds. The van der Waals surface area contributed by atoms with Crippen LogP contribution in [0.15, 0.2) is 42.7 Å². The fourth-order valence-corrected chi connectivity index (χ4v) is 2.66. The van der Waals surface area contributed by atoms with Crippen molar-refractivity contribution in [2.24, 2.45) is 0 Å². The van der Waals surface area contributed by atoms with Crippen molar-refractivity contribution in [3.8, 4) is 0 Å². The van der Waals surface area contributed by atoms with Crippen molar-refractivity contribution in [1.29, 1.82) is 0 Å². The van der Waals surface area contributed by atoms with Gasteiger partial charge in [0, 0.05) is 0 Å². The molecule has 1 aromatic carbocycles. The number of alkyl halides is 3. The number of carbonyl (C=O) groups excluding carboxylic acids is 1. The predicted octanol–water partition coefficient (Wildman–Crippen LogP) is 4.35. The van der Waals surface area contributed by atoms with Gasteiger partial charge in [0.2, 0.25) is 0 Å². The van der Waals surface area contributed by atoms with Crippen LogP contribution >= 0.6 is 11.8 Å². The third kappa shape index (κ3) is 4.41. The lowest BCUT2D eigenvalue weighted by Gasteiger charge is -2.28. The molecular weight excluding hydrogens is 301 g/mol. The number of esters is 1. The maximum absolute atomic E-state index is 12.9. The minimum Gasteiger partial charge on any atom is -0.464 e. The minimum atomic E-state index is -4.62. The summed E-state index contributed by atoms with van der Waals surface area (Å²) in [6.45, 7) is 6.61. The van der Waals surface area contributed by atoms with Gasteiger partial charge >= 0.3 is 11.5 Å². The SMILES string of the molecule is C=C=CC(SC(F)(F)F)(C(=O)OCC)c1ccc(C)cc1. The Morgan fingerprint density at radius 1 is 1.38 bits per heavy atom. The van der Waals surface area contributed by atoms with Gasteiger partial charge in [-0.2, -0.15) is 13.2 Å². The summed E-state index contributed by atoms with van der Waals surface area (Å²) in [6, 6.07) is 6.21. The first-order valence-corrected chi connectivity index (χ1v) is 6.95. The molecule has 1 atom stereocenters. The van der Waals surface area contributed by atoms with E-state index in [0.29, 0.717) is 0 Å². The number of halogens is 3. The molecule has 0 saturated carbocycles. The smallest absolute Gasteiger partial charge is 0.443 e. The first kappa shape index (κ1) is 17.4. The van der Waals surface area contributed by atoms with Gasteiger partial charge in [0.05, 0.1) is 6.61 Å². The molecule has 0 spiro atoms. The topological polar surface area (TPSA) is 26.3 Å². The highest BCUT2D eigenvalue weighted by Crippen LogP contribution is 2.48. The summed E-state index contributed by atoms with van der Waals surface area (Å²) >= 11 is -0.452. The van der Waals surface area contributed by atoms with Crippen LogP contribution in [0.1, 0.15) is 18.1 Å². The zero-order valence-corrected chi connectivity index (χ0v) is 12.5. The Hall–Kier alpha value is -1.65.